The average Bonchev–Trinajstić information content (AvgIpc) is 2.46. The van der Waals surface area contributed by atoms with Crippen molar-refractivity contribution >= 4 is 0 Å². The van der Waals surface area contributed by atoms with Crippen LogP contribution in [0.2, 0.25) is 0 Å². The number of hydrogen-bond donors (Lipinski definition) is 1. The van der Waals surface area contributed by atoms with Gasteiger partial charge in [0.05, 0.1) is 13.2 Å². The molecule has 1 aliphatic heterocycles. The first-order valence-corrected chi connectivity index (χ1v) is 8.89. The lowest BCUT2D eigenvalue weighted by atomic mass is 9.80. The molecule has 1 N–H and O–H groups in total. The Balaban J connectivity index is 2.78. The summed E-state index contributed by atoms with van der Waals surface area (Å²) in [6, 6.07) is 0.569. The molecular formula is C18H38N2O. The normalized spacial score (nSPS) is 22.0. The summed E-state index contributed by atoms with van der Waals surface area (Å²) in [6.45, 7) is 19.1. The van der Waals surface area contributed by atoms with E-state index in [2.05, 4.69) is 51.8 Å². The lowest BCUT2D eigenvalue weighted by Crippen LogP contribution is -2.62. The van der Waals surface area contributed by atoms with E-state index in [1.165, 1.54) is 25.7 Å². The summed E-state index contributed by atoms with van der Waals surface area (Å²) in [5.74, 6) is 0. The third kappa shape index (κ3) is 5.88. The van der Waals surface area contributed by atoms with Crippen molar-refractivity contribution < 1.29 is 4.74 Å². The number of hydrogen-bond acceptors (Lipinski definition) is 3. The molecule has 0 aromatic heterocycles. The van der Waals surface area contributed by atoms with Crippen LogP contribution in [0.25, 0.3) is 0 Å². The molecule has 21 heavy (non-hydrogen) atoms. The summed E-state index contributed by atoms with van der Waals surface area (Å²) in [7, 11) is 0. The highest BCUT2D eigenvalue weighted by atomic mass is 16.5. The fourth-order valence-electron chi connectivity index (χ4n) is 3.29. The zero-order valence-electron chi connectivity index (χ0n) is 15.3. The molecule has 0 aromatic carbocycles. The van der Waals surface area contributed by atoms with E-state index in [4.69, 9.17) is 4.74 Å². The molecular weight excluding hydrogens is 260 g/mol. The van der Waals surface area contributed by atoms with Gasteiger partial charge in [0.2, 0.25) is 0 Å². The molecule has 1 rings (SSSR count). The van der Waals surface area contributed by atoms with Crippen LogP contribution in [0.1, 0.15) is 67.2 Å². The summed E-state index contributed by atoms with van der Waals surface area (Å²) < 4.78 is 5.55. The van der Waals surface area contributed by atoms with Crippen LogP contribution in [-0.2, 0) is 4.74 Å². The number of ether oxygens (including phenoxy) is 1. The first kappa shape index (κ1) is 18.9. The minimum absolute atomic E-state index is 0.240. The maximum absolute atomic E-state index is 5.55. The molecule has 0 aliphatic carbocycles. The molecule has 0 aromatic rings. The Morgan fingerprint density at radius 3 is 2.19 bits per heavy atom. The van der Waals surface area contributed by atoms with Gasteiger partial charge in [-0.1, -0.05) is 34.6 Å². The van der Waals surface area contributed by atoms with Gasteiger partial charge in [0.25, 0.3) is 0 Å². The average molecular weight is 299 g/mol. The summed E-state index contributed by atoms with van der Waals surface area (Å²) in [6.07, 6.45) is 4.92. The van der Waals surface area contributed by atoms with Crippen LogP contribution in [0.4, 0.5) is 0 Å². The van der Waals surface area contributed by atoms with Crippen LogP contribution >= 0.6 is 0 Å². The predicted octanol–water partition coefficient (Wildman–Crippen LogP) is 3.68. The molecule has 0 saturated carbocycles. The van der Waals surface area contributed by atoms with E-state index in [1.807, 2.05) is 0 Å². The highest BCUT2D eigenvalue weighted by Gasteiger charge is 2.38. The zero-order valence-corrected chi connectivity index (χ0v) is 15.3. The second-order valence-electron chi connectivity index (χ2n) is 7.92. The van der Waals surface area contributed by atoms with Gasteiger partial charge < -0.3 is 10.1 Å². The minimum atomic E-state index is 0.240. The number of nitrogens with zero attached hydrogens (tertiary/aromatic N) is 1. The van der Waals surface area contributed by atoms with Crippen molar-refractivity contribution in [3.63, 3.8) is 0 Å². The summed E-state index contributed by atoms with van der Waals surface area (Å²) >= 11 is 0. The monoisotopic (exact) mass is 298 g/mol. The summed E-state index contributed by atoms with van der Waals surface area (Å²) in [4.78, 5) is 2.66. The van der Waals surface area contributed by atoms with Gasteiger partial charge >= 0.3 is 0 Å². The number of morpholine rings is 1. The molecule has 2 unspecified atom stereocenters. The Bertz CT molecular complexity index is 281. The molecule has 2 atom stereocenters. The molecule has 0 amide bonds. The maximum Gasteiger partial charge on any atom is 0.0594 e. The van der Waals surface area contributed by atoms with Crippen molar-refractivity contribution in [3.8, 4) is 0 Å². The van der Waals surface area contributed by atoms with E-state index < -0.39 is 0 Å². The Morgan fingerprint density at radius 2 is 1.71 bits per heavy atom. The highest BCUT2D eigenvalue weighted by molar-refractivity contribution is 4.97. The third-order valence-corrected chi connectivity index (χ3v) is 5.02. The molecule has 1 aliphatic rings. The van der Waals surface area contributed by atoms with Crippen molar-refractivity contribution in [2.75, 3.05) is 32.8 Å². The lowest BCUT2D eigenvalue weighted by Gasteiger charge is -2.48. The highest BCUT2D eigenvalue weighted by Crippen LogP contribution is 2.31. The van der Waals surface area contributed by atoms with Crippen LogP contribution in [0.3, 0.4) is 0 Å². The van der Waals surface area contributed by atoms with E-state index in [9.17, 15) is 0 Å². The van der Waals surface area contributed by atoms with E-state index in [0.29, 0.717) is 11.5 Å². The molecule has 1 saturated heterocycles. The van der Waals surface area contributed by atoms with Crippen molar-refractivity contribution in [3.05, 3.63) is 0 Å². The SMILES string of the molecule is CCCNC(CCC(C)(C)C)C(C)(CC)N1CCOCC1. The smallest absolute Gasteiger partial charge is 0.0594 e. The Kier molecular flexibility index (Phi) is 7.66. The number of nitrogens with one attached hydrogen (secondary N) is 1. The standard InChI is InChI=1S/C18H38N2O/c1-7-11-19-16(9-10-17(3,4)5)18(6,8-2)20-12-14-21-15-13-20/h16,19H,7-15H2,1-6H3. The van der Waals surface area contributed by atoms with Gasteiger partial charge in [-0.3, -0.25) is 4.90 Å². The van der Waals surface area contributed by atoms with Crippen LogP contribution in [-0.4, -0.2) is 49.3 Å². The van der Waals surface area contributed by atoms with Crippen LogP contribution in [0.15, 0.2) is 0 Å². The van der Waals surface area contributed by atoms with Gasteiger partial charge in [-0.2, -0.15) is 0 Å². The van der Waals surface area contributed by atoms with E-state index >= 15 is 0 Å². The Labute approximate surface area is 132 Å². The van der Waals surface area contributed by atoms with Gasteiger partial charge in [0.1, 0.15) is 0 Å². The number of rotatable bonds is 8. The second-order valence-corrected chi connectivity index (χ2v) is 7.92. The third-order valence-electron chi connectivity index (χ3n) is 5.02. The lowest BCUT2D eigenvalue weighted by molar-refractivity contribution is -0.0345. The fourth-order valence-corrected chi connectivity index (χ4v) is 3.29. The van der Waals surface area contributed by atoms with Crippen LogP contribution in [0, 0.1) is 5.41 Å². The summed E-state index contributed by atoms with van der Waals surface area (Å²) in [5.41, 5.74) is 0.649. The largest absolute Gasteiger partial charge is 0.379 e. The van der Waals surface area contributed by atoms with E-state index in [-0.39, 0.29) is 5.54 Å². The zero-order chi connectivity index (χ0) is 15.9. The molecule has 1 heterocycles. The van der Waals surface area contributed by atoms with E-state index in [0.717, 1.165) is 32.8 Å². The van der Waals surface area contributed by atoms with Crippen molar-refractivity contribution in [1.29, 1.82) is 0 Å². The molecule has 126 valence electrons. The summed E-state index contributed by atoms with van der Waals surface area (Å²) in [5, 5.41) is 3.85. The van der Waals surface area contributed by atoms with Gasteiger partial charge in [-0.25, -0.2) is 0 Å². The van der Waals surface area contributed by atoms with Crippen molar-refractivity contribution in [1.82, 2.24) is 10.2 Å². The van der Waals surface area contributed by atoms with Gasteiger partial charge in [-0.05, 0) is 44.6 Å². The Morgan fingerprint density at radius 1 is 1.10 bits per heavy atom. The van der Waals surface area contributed by atoms with Crippen LogP contribution in [0.5, 0.6) is 0 Å². The second kappa shape index (κ2) is 8.50. The minimum Gasteiger partial charge on any atom is -0.379 e. The molecule has 0 radical (unpaired) electrons. The molecule has 0 bridgehead atoms. The Hall–Kier alpha value is -0.120. The molecule has 1 fully saturated rings. The first-order valence-electron chi connectivity index (χ1n) is 8.89. The quantitative estimate of drug-likeness (QED) is 0.740. The van der Waals surface area contributed by atoms with E-state index in [1.54, 1.807) is 0 Å². The first-order chi connectivity index (χ1) is 9.83. The van der Waals surface area contributed by atoms with Crippen molar-refractivity contribution in [2.24, 2.45) is 5.41 Å². The van der Waals surface area contributed by atoms with Gasteiger partial charge in [0.15, 0.2) is 0 Å². The van der Waals surface area contributed by atoms with Gasteiger partial charge in [0, 0.05) is 24.7 Å². The van der Waals surface area contributed by atoms with Crippen molar-refractivity contribution in [2.45, 2.75) is 78.8 Å². The topological polar surface area (TPSA) is 24.5 Å². The molecule has 0 spiro atoms. The molecule has 3 nitrogen and oxygen atoms in total. The molecule has 3 heteroatoms. The maximum atomic E-state index is 5.55. The predicted molar refractivity (Wildman–Crippen MR) is 91.9 cm³/mol. The van der Waals surface area contributed by atoms with Crippen LogP contribution < -0.4 is 5.32 Å². The fraction of sp³-hybridized carbons (Fsp3) is 1.00. The van der Waals surface area contributed by atoms with Gasteiger partial charge in [-0.15, -0.1) is 0 Å².